The highest BCUT2D eigenvalue weighted by Crippen LogP contribution is 2.39. The Hall–Kier alpha value is -0.120. The third-order valence-electron chi connectivity index (χ3n) is 4.60. The minimum absolute atomic E-state index is 0.372. The van der Waals surface area contributed by atoms with Crippen molar-refractivity contribution in [1.29, 1.82) is 0 Å². The van der Waals surface area contributed by atoms with Crippen molar-refractivity contribution in [3.05, 3.63) is 0 Å². The van der Waals surface area contributed by atoms with Gasteiger partial charge in [0.15, 0.2) is 0 Å². The molecule has 17 heavy (non-hydrogen) atoms. The quantitative estimate of drug-likeness (QED) is 0.738. The monoisotopic (exact) mass is 240 g/mol. The van der Waals surface area contributed by atoms with Gasteiger partial charge in [-0.2, -0.15) is 0 Å². The van der Waals surface area contributed by atoms with Gasteiger partial charge in [0.05, 0.1) is 0 Å². The second kappa shape index (κ2) is 6.17. The van der Waals surface area contributed by atoms with Gasteiger partial charge in [-0.15, -0.1) is 0 Å². The van der Waals surface area contributed by atoms with Gasteiger partial charge in [-0.05, 0) is 43.7 Å². The van der Waals surface area contributed by atoms with Gasteiger partial charge in [0.25, 0.3) is 0 Å². The van der Waals surface area contributed by atoms with Gasteiger partial charge >= 0.3 is 0 Å². The maximum absolute atomic E-state index is 9.21. The van der Waals surface area contributed by atoms with Crippen LogP contribution in [0.25, 0.3) is 0 Å². The van der Waals surface area contributed by atoms with Crippen molar-refractivity contribution in [1.82, 2.24) is 10.2 Å². The van der Waals surface area contributed by atoms with Crippen molar-refractivity contribution >= 4 is 0 Å². The molecule has 2 fully saturated rings. The summed E-state index contributed by atoms with van der Waals surface area (Å²) in [5, 5.41) is 12.8. The lowest BCUT2D eigenvalue weighted by atomic mass is 9.85. The summed E-state index contributed by atoms with van der Waals surface area (Å²) >= 11 is 0. The van der Waals surface area contributed by atoms with Crippen LogP contribution in [0.5, 0.6) is 0 Å². The molecule has 0 radical (unpaired) electrons. The topological polar surface area (TPSA) is 35.5 Å². The van der Waals surface area contributed by atoms with Crippen LogP contribution >= 0.6 is 0 Å². The number of hydrogen-bond acceptors (Lipinski definition) is 3. The smallest absolute Gasteiger partial charge is 0.0471 e. The van der Waals surface area contributed by atoms with E-state index in [1.54, 1.807) is 0 Å². The van der Waals surface area contributed by atoms with Crippen molar-refractivity contribution in [3.63, 3.8) is 0 Å². The van der Waals surface area contributed by atoms with Crippen molar-refractivity contribution < 1.29 is 5.11 Å². The Kier molecular flexibility index (Phi) is 4.83. The second-order valence-electron chi connectivity index (χ2n) is 6.06. The number of nitrogens with zero attached hydrogens (tertiary/aromatic N) is 1. The fraction of sp³-hybridized carbons (Fsp3) is 1.00. The first kappa shape index (κ1) is 13.3. The maximum Gasteiger partial charge on any atom is 0.0471 e. The van der Waals surface area contributed by atoms with E-state index >= 15 is 0 Å². The van der Waals surface area contributed by atoms with Crippen LogP contribution in [-0.4, -0.2) is 49.3 Å². The summed E-state index contributed by atoms with van der Waals surface area (Å²) in [7, 11) is 0. The Bertz CT molecular complexity index is 226. The molecule has 3 nitrogen and oxygen atoms in total. The highest BCUT2D eigenvalue weighted by molar-refractivity contribution is 4.91. The molecule has 0 amide bonds. The lowest BCUT2D eigenvalue weighted by molar-refractivity contribution is 0.159. The zero-order valence-electron chi connectivity index (χ0n) is 11.2. The molecule has 0 aromatic carbocycles. The summed E-state index contributed by atoms with van der Waals surface area (Å²) in [6.07, 6.45) is 6.78. The van der Waals surface area contributed by atoms with Crippen LogP contribution in [0.3, 0.4) is 0 Å². The molecule has 3 heteroatoms. The van der Waals surface area contributed by atoms with Gasteiger partial charge in [-0.3, -0.25) is 0 Å². The molecule has 1 aliphatic carbocycles. The Morgan fingerprint density at radius 3 is 2.71 bits per heavy atom. The second-order valence-corrected chi connectivity index (χ2v) is 6.06. The van der Waals surface area contributed by atoms with Crippen LogP contribution in [0.15, 0.2) is 0 Å². The van der Waals surface area contributed by atoms with Crippen molar-refractivity contribution in [2.45, 2.75) is 39.0 Å². The highest BCUT2D eigenvalue weighted by atomic mass is 16.3. The molecule has 1 saturated heterocycles. The van der Waals surface area contributed by atoms with E-state index in [-0.39, 0.29) is 0 Å². The number of nitrogens with one attached hydrogen (secondary N) is 1. The lowest BCUT2D eigenvalue weighted by Gasteiger charge is -2.34. The van der Waals surface area contributed by atoms with Gasteiger partial charge in [-0.1, -0.05) is 19.8 Å². The first-order chi connectivity index (χ1) is 8.28. The largest absolute Gasteiger partial charge is 0.396 e. The first-order valence-electron chi connectivity index (χ1n) is 7.32. The molecule has 0 aromatic rings. The van der Waals surface area contributed by atoms with Crippen LogP contribution in [0, 0.1) is 11.3 Å². The fourth-order valence-electron chi connectivity index (χ4n) is 3.59. The third-order valence-corrected chi connectivity index (χ3v) is 4.60. The highest BCUT2D eigenvalue weighted by Gasteiger charge is 2.36. The molecule has 1 atom stereocenters. The molecule has 0 aromatic heterocycles. The standard InChI is InChI=1S/C14H28N2O/c1-2-15-11-14(6-3-4-7-14)12-16-8-5-13(9-16)10-17/h13,15,17H,2-12H2,1H3. The third kappa shape index (κ3) is 3.43. The summed E-state index contributed by atoms with van der Waals surface area (Å²) in [6, 6.07) is 0. The predicted molar refractivity (Wildman–Crippen MR) is 71.1 cm³/mol. The number of hydrogen-bond donors (Lipinski definition) is 2. The van der Waals surface area contributed by atoms with Gasteiger partial charge in [0.1, 0.15) is 0 Å². The first-order valence-corrected chi connectivity index (χ1v) is 7.32. The SMILES string of the molecule is CCNCC1(CN2CCC(CO)C2)CCCC1. The van der Waals surface area contributed by atoms with E-state index in [2.05, 4.69) is 17.1 Å². The molecule has 100 valence electrons. The van der Waals surface area contributed by atoms with Gasteiger partial charge in [0, 0.05) is 26.2 Å². The number of aliphatic hydroxyl groups is 1. The average molecular weight is 240 g/mol. The molecule has 2 rings (SSSR count). The van der Waals surface area contributed by atoms with Crippen molar-refractivity contribution in [3.8, 4) is 0 Å². The van der Waals surface area contributed by atoms with Crippen molar-refractivity contribution in [2.75, 3.05) is 39.3 Å². The Labute approximate surface area is 106 Å². The van der Waals surface area contributed by atoms with E-state index < -0.39 is 0 Å². The summed E-state index contributed by atoms with van der Waals surface area (Å²) in [6.45, 7) is 8.39. The predicted octanol–water partition coefficient (Wildman–Crippen LogP) is 1.47. The van der Waals surface area contributed by atoms with Gasteiger partial charge < -0.3 is 15.3 Å². The lowest BCUT2D eigenvalue weighted by Crippen LogP contribution is -2.42. The molecule has 1 saturated carbocycles. The normalized spacial score (nSPS) is 28.9. The molecular weight excluding hydrogens is 212 g/mol. The van der Waals surface area contributed by atoms with E-state index in [4.69, 9.17) is 0 Å². The molecule has 0 bridgehead atoms. The van der Waals surface area contributed by atoms with Crippen LogP contribution < -0.4 is 5.32 Å². The molecule has 1 heterocycles. The summed E-state index contributed by atoms with van der Waals surface area (Å²) in [5.41, 5.74) is 0.528. The van der Waals surface area contributed by atoms with E-state index in [0.717, 1.165) is 13.1 Å². The van der Waals surface area contributed by atoms with Crippen LogP contribution in [-0.2, 0) is 0 Å². The molecule has 2 N–H and O–H groups in total. The molecule has 0 spiro atoms. The Balaban J connectivity index is 1.85. The zero-order chi connectivity index (χ0) is 12.1. The molecule has 2 aliphatic rings. The Morgan fingerprint density at radius 2 is 2.12 bits per heavy atom. The van der Waals surface area contributed by atoms with Crippen LogP contribution in [0.4, 0.5) is 0 Å². The number of likely N-dealkylation sites (tertiary alicyclic amines) is 1. The summed E-state index contributed by atoms with van der Waals surface area (Å²) < 4.78 is 0. The van der Waals surface area contributed by atoms with E-state index in [9.17, 15) is 5.11 Å². The summed E-state index contributed by atoms with van der Waals surface area (Å²) in [4.78, 5) is 2.59. The molecule has 1 aliphatic heterocycles. The van der Waals surface area contributed by atoms with E-state index in [0.29, 0.717) is 17.9 Å². The maximum atomic E-state index is 9.21. The number of aliphatic hydroxyl groups excluding tert-OH is 1. The molecule has 1 unspecified atom stereocenters. The molecular formula is C14H28N2O. The van der Waals surface area contributed by atoms with Gasteiger partial charge in [0.2, 0.25) is 0 Å². The Morgan fingerprint density at radius 1 is 1.35 bits per heavy atom. The minimum atomic E-state index is 0.372. The van der Waals surface area contributed by atoms with Crippen LogP contribution in [0.2, 0.25) is 0 Å². The van der Waals surface area contributed by atoms with Crippen LogP contribution in [0.1, 0.15) is 39.0 Å². The minimum Gasteiger partial charge on any atom is -0.396 e. The van der Waals surface area contributed by atoms with E-state index in [1.165, 1.54) is 51.7 Å². The van der Waals surface area contributed by atoms with Gasteiger partial charge in [-0.25, -0.2) is 0 Å². The van der Waals surface area contributed by atoms with E-state index in [1.807, 2.05) is 0 Å². The fourth-order valence-corrected chi connectivity index (χ4v) is 3.59. The average Bonchev–Trinajstić information content (AvgIpc) is 2.97. The van der Waals surface area contributed by atoms with Crippen molar-refractivity contribution in [2.24, 2.45) is 11.3 Å². The zero-order valence-corrected chi connectivity index (χ0v) is 11.2. The summed E-state index contributed by atoms with van der Waals surface area (Å²) in [5.74, 6) is 0.535. The number of rotatable bonds is 6.